The molecule has 2 atom stereocenters. The van der Waals surface area contributed by atoms with Gasteiger partial charge in [-0.15, -0.1) is 0 Å². The van der Waals surface area contributed by atoms with E-state index < -0.39 is 11.9 Å². The molecule has 2 N–H and O–H groups in total. The van der Waals surface area contributed by atoms with E-state index in [0.29, 0.717) is 12.6 Å². The lowest BCUT2D eigenvalue weighted by molar-refractivity contribution is -0.141. The van der Waals surface area contributed by atoms with E-state index in [1.165, 1.54) is 11.3 Å². The fraction of sp³-hybridized carbons (Fsp3) is 0.857. The van der Waals surface area contributed by atoms with Gasteiger partial charge in [0.25, 0.3) is 0 Å². The predicted octanol–water partition coefficient (Wildman–Crippen LogP) is 1.70. The molecule has 1 aliphatic heterocycles. The molecule has 6 nitrogen and oxygen atoms in total. The summed E-state index contributed by atoms with van der Waals surface area (Å²) in [5.74, 6) is -1.44. The Morgan fingerprint density at radius 1 is 1.45 bits per heavy atom. The normalized spacial score (nSPS) is 20.2. The van der Waals surface area contributed by atoms with E-state index in [2.05, 4.69) is 5.32 Å². The molecule has 0 bridgehead atoms. The van der Waals surface area contributed by atoms with Crippen molar-refractivity contribution >= 4 is 12.0 Å². The van der Waals surface area contributed by atoms with Crippen molar-refractivity contribution in [3.63, 3.8) is 0 Å². The zero-order valence-electron chi connectivity index (χ0n) is 12.4. The van der Waals surface area contributed by atoms with Crippen LogP contribution in [-0.2, 0) is 9.53 Å². The second-order valence-corrected chi connectivity index (χ2v) is 5.48. The molecule has 2 unspecified atom stereocenters. The molecule has 0 radical (unpaired) electrons. The topological polar surface area (TPSA) is 78.9 Å². The van der Waals surface area contributed by atoms with Crippen LogP contribution in [-0.4, -0.2) is 54.9 Å². The summed E-state index contributed by atoms with van der Waals surface area (Å²) in [6.07, 6.45) is 5.69. The number of carboxylic acid groups (broad SMARTS) is 1. The van der Waals surface area contributed by atoms with Gasteiger partial charge in [-0.2, -0.15) is 0 Å². The number of hydrogen-bond donors (Lipinski definition) is 2. The molecule has 0 aromatic rings. The molecule has 1 aliphatic rings. The molecule has 2 amide bonds. The number of carboxylic acids is 1. The second kappa shape index (κ2) is 8.79. The lowest BCUT2D eigenvalue weighted by Gasteiger charge is -2.23. The van der Waals surface area contributed by atoms with Crippen LogP contribution in [0.15, 0.2) is 0 Å². The van der Waals surface area contributed by atoms with E-state index in [1.54, 1.807) is 14.0 Å². The van der Waals surface area contributed by atoms with Crippen LogP contribution in [0.5, 0.6) is 0 Å². The van der Waals surface area contributed by atoms with Crippen molar-refractivity contribution in [3.8, 4) is 0 Å². The fourth-order valence-corrected chi connectivity index (χ4v) is 2.27. The highest BCUT2D eigenvalue weighted by Crippen LogP contribution is 2.16. The van der Waals surface area contributed by atoms with Gasteiger partial charge >= 0.3 is 12.0 Å². The third kappa shape index (κ3) is 6.23. The lowest BCUT2D eigenvalue weighted by atomic mass is 10.0. The summed E-state index contributed by atoms with van der Waals surface area (Å²) in [6.45, 7) is 3.26. The van der Waals surface area contributed by atoms with Gasteiger partial charge in [0.1, 0.15) is 0 Å². The number of carbonyl (C=O) groups is 2. The van der Waals surface area contributed by atoms with E-state index in [1.807, 2.05) is 0 Å². The SMILES string of the molecule is CC(CN(C)C(=O)NCCCC1CCCCO1)C(=O)O. The van der Waals surface area contributed by atoms with Crippen molar-refractivity contribution in [2.45, 2.75) is 45.1 Å². The van der Waals surface area contributed by atoms with Crippen LogP contribution in [0, 0.1) is 5.92 Å². The van der Waals surface area contributed by atoms with Gasteiger partial charge in [-0.3, -0.25) is 4.79 Å². The van der Waals surface area contributed by atoms with Crippen molar-refractivity contribution < 1.29 is 19.4 Å². The Balaban J connectivity index is 2.10. The molecule has 0 aromatic carbocycles. The number of ether oxygens (including phenoxy) is 1. The Morgan fingerprint density at radius 2 is 2.20 bits per heavy atom. The van der Waals surface area contributed by atoms with Gasteiger partial charge in [0.2, 0.25) is 0 Å². The average Bonchev–Trinajstić information content (AvgIpc) is 2.44. The molecule has 1 saturated heterocycles. The molecule has 0 saturated carbocycles. The average molecular weight is 286 g/mol. The van der Waals surface area contributed by atoms with Crippen molar-refractivity contribution in [2.24, 2.45) is 5.92 Å². The molecule has 0 aromatic heterocycles. The number of aliphatic carboxylic acids is 1. The summed E-state index contributed by atoms with van der Waals surface area (Å²) in [6, 6.07) is -0.220. The van der Waals surface area contributed by atoms with Gasteiger partial charge in [0, 0.05) is 26.7 Å². The molecule has 1 rings (SSSR count). The minimum Gasteiger partial charge on any atom is -0.481 e. The number of rotatable bonds is 7. The molecular formula is C14H26N2O4. The molecule has 116 valence electrons. The Morgan fingerprint density at radius 3 is 2.80 bits per heavy atom. The molecule has 1 fully saturated rings. The maximum absolute atomic E-state index is 11.7. The highest BCUT2D eigenvalue weighted by Gasteiger charge is 2.17. The highest BCUT2D eigenvalue weighted by atomic mass is 16.5. The lowest BCUT2D eigenvalue weighted by Crippen LogP contribution is -2.41. The van der Waals surface area contributed by atoms with Gasteiger partial charge in [-0.1, -0.05) is 6.92 Å². The van der Waals surface area contributed by atoms with Crippen LogP contribution in [0.25, 0.3) is 0 Å². The molecule has 0 spiro atoms. The summed E-state index contributed by atoms with van der Waals surface area (Å²) in [5, 5.41) is 11.6. The van der Waals surface area contributed by atoms with Crippen LogP contribution in [0.1, 0.15) is 39.0 Å². The molecule has 0 aliphatic carbocycles. The number of nitrogens with zero attached hydrogens (tertiary/aromatic N) is 1. The fourth-order valence-electron chi connectivity index (χ4n) is 2.27. The summed E-state index contributed by atoms with van der Waals surface area (Å²) in [4.78, 5) is 23.9. The first-order valence-corrected chi connectivity index (χ1v) is 7.34. The Bertz CT molecular complexity index is 316. The van der Waals surface area contributed by atoms with Gasteiger partial charge < -0.3 is 20.1 Å². The Labute approximate surface area is 120 Å². The van der Waals surface area contributed by atoms with Gasteiger partial charge in [-0.25, -0.2) is 4.79 Å². The van der Waals surface area contributed by atoms with Crippen LogP contribution in [0.2, 0.25) is 0 Å². The predicted molar refractivity (Wildman–Crippen MR) is 75.7 cm³/mol. The number of amides is 2. The van der Waals surface area contributed by atoms with E-state index in [9.17, 15) is 9.59 Å². The molecular weight excluding hydrogens is 260 g/mol. The molecule has 20 heavy (non-hydrogen) atoms. The number of hydrogen-bond acceptors (Lipinski definition) is 3. The minimum absolute atomic E-state index is 0.215. The zero-order chi connectivity index (χ0) is 15.0. The van der Waals surface area contributed by atoms with Crippen molar-refractivity contribution in [1.29, 1.82) is 0 Å². The summed E-state index contributed by atoms with van der Waals surface area (Å²) < 4.78 is 5.62. The van der Waals surface area contributed by atoms with Gasteiger partial charge in [0.05, 0.1) is 12.0 Å². The van der Waals surface area contributed by atoms with Crippen LogP contribution in [0.4, 0.5) is 4.79 Å². The summed E-state index contributed by atoms with van der Waals surface area (Å²) in [5.41, 5.74) is 0. The first-order valence-electron chi connectivity index (χ1n) is 7.34. The minimum atomic E-state index is -0.890. The standard InChI is InChI=1S/C14H26N2O4/c1-11(13(17)18)10-16(2)14(19)15-8-5-7-12-6-3-4-9-20-12/h11-12H,3-10H2,1-2H3,(H,15,19)(H,17,18). The molecule has 6 heteroatoms. The zero-order valence-corrected chi connectivity index (χ0v) is 12.4. The highest BCUT2D eigenvalue weighted by molar-refractivity contribution is 5.75. The molecule has 1 heterocycles. The quantitative estimate of drug-likeness (QED) is 0.698. The van der Waals surface area contributed by atoms with E-state index >= 15 is 0 Å². The summed E-state index contributed by atoms with van der Waals surface area (Å²) in [7, 11) is 1.61. The Hall–Kier alpha value is -1.30. The van der Waals surface area contributed by atoms with Gasteiger partial charge in [0.15, 0.2) is 0 Å². The van der Waals surface area contributed by atoms with E-state index in [0.717, 1.165) is 32.3 Å². The number of nitrogens with one attached hydrogen (secondary N) is 1. The number of urea groups is 1. The van der Waals surface area contributed by atoms with E-state index in [-0.39, 0.29) is 12.6 Å². The van der Waals surface area contributed by atoms with Crippen LogP contribution < -0.4 is 5.32 Å². The van der Waals surface area contributed by atoms with Crippen molar-refractivity contribution in [2.75, 3.05) is 26.7 Å². The van der Waals surface area contributed by atoms with Crippen LogP contribution in [0.3, 0.4) is 0 Å². The second-order valence-electron chi connectivity index (χ2n) is 5.48. The summed E-state index contributed by atoms with van der Waals surface area (Å²) >= 11 is 0. The van der Waals surface area contributed by atoms with Gasteiger partial charge in [-0.05, 0) is 32.1 Å². The maximum atomic E-state index is 11.7. The van der Waals surface area contributed by atoms with Crippen molar-refractivity contribution in [1.82, 2.24) is 10.2 Å². The monoisotopic (exact) mass is 286 g/mol. The van der Waals surface area contributed by atoms with E-state index in [4.69, 9.17) is 9.84 Å². The third-order valence-electron chi connectivity index (χ3n) is 3.57. The Kier molecular flexibility index (Phi) is 7.36. The third-order valence-corrected chi connectivity index (χ3v) is 3.57. The maximum Gasteiger partial charge on any atom is 0.317 e. The van der Waals surface area contributed by atoms with Crippen LogP contribution >= 0.6 is 0 Å². The van der Waals surface area contributed by atoms with Crippen molar-refractivity contribution in [3.05, 3.63) is 0 Å². The smallest absolute Gasteiger partial charge is 0.317 e. The number of carbonyl (C=O) groups excluding carboxylic acids is 1. The first kappa shape index (κ1) is 16.8. The largest absolute Gasteiger partial charge is 0.481 e. The first-order chi connectivity index (χ1) is 9.50.